The molecule has 0 saturated carbocycles. The molecule has 4 rings (SSSR count). The molecule has 32 heavy (non-hydrogen) atoms. The zero-order chi connectivity index (χ0) is 22.8. The van der Waals surface area contributed by atoms with E-state index < -0.39 is 6.04 Å². The molecular weight excluding hydrogens is 430 g/mol. The minimum atomic E-state index is -0.566. The summed E-state index contributed by atoms with van der Waals surface area (Å²) < 4.78 is 16.7. The Morgan fingerprint density at radius 3 is 2.66 bits per heavy atom. The number of hydrogen-bond acceptors (Lipinski definition) is 5. The van der Waals surface area contributed by atoms with Gasteiger partial charge < -0.3 is 18.8 Å². The van der Waals surface area contributed by atoms with Gasteiger partial charge in [0.05, 0.1) is 17.0 Å². The van der Waals surface area contributed by atoms with E-state index in [9.17, 15) is 9.59 Å². The van der Waals surface area contributed by atoms with Gasteiger partial charge in [-0.25, -0.2) is 0 Å². The molecule has 1 amide bonds. The summed E-state index contributed by atoms with van der Waals surface area (Å²) in [4.78, 5) is 28.5. The van der Waals surface area contributed by atoms with Crippen LogP contribution in [0, 0.1) is 6.92 Å². The first-order valence-electron chi connectivity index (χ1n) is 10.4. The molecule has 7 heteroatoms. The van der Waals surface area contributed by atoms with E-state index in [0.29, 0.717) is 53.5 Å². The van der Waals surface area contributed by atoms with Crippen LogP contribution in [0.3, 0.4) is 0 Å². The van der Waals surface area contributed by atoms with Crippen LogP contribution < -0.4 is 10.2 Å². The fraction of sp³-hybridized carbons (Fsp3) is 0.280. The van der Waals surface area contributed by atoms with Crippen molar-refractivity contribution in [3.63, 3.8) is 0 Å². The van der Waals surface area contributed by atoms with Crippen molar-refractivity contribution < 1.29 is 18.7 Å². The van der Waals surface area contributed by atoms with Crippen LogP contribution in [0.4, 0.5) is 0 Å². The third-order valence-electron chi connectivity index (χ3n) is 5.56. The summed E-state index contributed by atoms with van der Waals surface area (Å²) in [6.45, 7) is 6.79. The molecule has 6 nitrogen and oxygen atoms in total. The summed E-state index contributed by atoms with van der Waals surface area (Å²) in [5.74, 6) is 0.454. The molecule has 1 aromatic heterocycles. The first-order chi connectivity index (χ1) is 15.5. The van der Waals surface area contributed by atoms with Gasteiger partial charge in [-0.1, -0.05) is 36.4 Å². The van der Waals surface area contributed by atoms with Crippen molar-refractivity contribution in [3.05, 3.63) is 86.7 Å². The van der Waals surface area contributed by atoms with Crippen molar-refractivity contribution in [2.75, 3.05) is 26.9 Å². The van der Waals surface area contributed by atoms with Crippen LogP contribution in [0.5, 0.6) is 5.75 Å². The number of methoxy groups -OCH3 is 1. The summed E-state index contributed by atoms with van der Waals surface area (Å²) in [5.41, 5.74) is 2.01. The van der Waals surface area contributed by atoms with Crippen molar-refractivity contribution in [1.82, 2.24) is 4.90 Å². The van der Waals surface area contributed by atoms with E-state index in [1.807, 2.05) is 31.2 Å². The van der Waals surface area contributed by atoms with Gasteiger partial charge in [0.15, 0.2) is 5.43 Å². The molecule has 2 heterocycles. The average molecular weight is 454 g/mol. The first kappa shape index (κ1) is 22.1. The maximum absolute atomic E-state index is 13.5. The number of ether oxygens (including phenoxy) is 2. The summed E-state index contributed by atoms with van der Waals surface area (Å²) in [6, 6.07) is 10.1. The number of nitrogens with zero attached hydrogens (tertiary/aromatic N) is 1. The summed E-state index contributed by atoms with van der Waals surface area (Å²) >= 11 is 6.27. The Bertz CT molecular complexity index is 1230. The van der Waals surface area contributed by atoms with E-state index in [2.05, 4.69) is 6.58 Å². The molecular formula is C25H24ClNO5. The predicted octanol–water partition coefficient (Wildman–Crippen LogP) is 4.90. The highest BCUT2D eigenvalue weighted by Crippen LogP contribution is 2.39. The zero-order valence-electron chi connectivity index (χ0n) is 18.0. The van der Waals surface area contributed by atoms with E-state index in [1.165, 1.54) is 0 Å². The molecule has 0 fully saturated rings. The lowest BCUT2D eigenvalue weighted by Gasteiger charge is -2.25. The lowest BCUT2D eigenvalue weighted by atomic mass is 9.98. The number of rotatable bonds is 8. The second-order valence-corrected chi connectivity index (χ2v) is 8.09. The Morgan fingerprint density at radius 2 is 1.97 bits per heavy atom. The fourth-order valence-electron chi connectivity index (χ4n) is 4.00. The van der Waals surface area contributed by atoms with E-state index in [4.69, 9.17) is 25.5 Å². The van der Waals surface area contributed by atoms with Crippen LogP contribution in [0.25, 0.3) is 11.0 Å². The normalized spacial score (nSPS) is 15.3. The maximum Gasteiger partial charge on any atom is 0.290 e. The van der Waals surface area contributed by atoms with Gasteiger partial charge in [0.25, 0.3) is 5.91 Å². The molecule has 0 N–H and O–H groups in total. The average Bonchev–Trinajstić information content (AvgIpc) is 3.06. The number of hydrogen-bond donors (Lipinski definition) is 0. The molecule has 1 unspecified atom stereocenters. The standard InChI is InChI=1S/C25H24ClNO5/c1-4-11-31-17-8-6-16(7-9-17)22-21-23(28)18-14-19(26)15(2)13-20(18)32-24(21)25(29)27(22)10-5-12-30-3/h4,6-9,13-14,22H,1,5,10-12H2,2-3H3. The van der Waals surface area contributed by atoms with Crippen LogP contribution in [0.1, 0.15) is 39.7 Å². The molecule has 1 aliphatic heterocycles. The fourth-order valence-corrected chi connectivity index (χ4v) is 4.16. The highest BCUT2D eigenvalue weighted by molar-refractivity contribution is 6.32. The van der Waals surface area contributed by atoms with E-state index >= 15 is 0 Å². The third-order valence-corrected chi connectivity index (χ3v) is 5.97. The van der Waals surface area contributed by atoms with Crippen molar-refractivity contribution in [2.45, 2.75) is 19.4 Å². The van der Waals surface area contributed by atoms with Gasteiger partial charge in [0.1, 0.15) is 17.9 Å². The molecule has 3 aromatic rings. The largest absolute Gasteiger partial charge is 0.490 e. The van der Waals surface area contributed by atoms with E-state index in [1.54, 1.807) is 30.2 Å². The number of benzene rings is 2. The molecule has 1 aliphatic rings. The molecule has 0 saturated heterocycles. The Morgan fingerprint density at radius 1 is 1.22 bits per heavy atom. The second kappa shape index (κ2) is 9.18. The molecule has 0 radical (unpaired) electrons. The molecule has 0 aliphatic carbocycles. The Labute approximate surface area is 191 Å². The van der Waals surface area contributed by atoms with Gasteiger partial charge in [0.2, 0.25) is 5.76 Å². The number of fused-ring (bicyclic) bond motifs is 2. The van der Waals surface area contributed by atoms with Gasteiger partial charge in [-0.3, -0.25) is 9.59 Å². The van der Waals surface area contributed by atoms with Crippen LogP contribution in [-0.2, 0) is 4.74 Å². The smallest absolute Gasteiger partial charge is 0.290 e. The van der Waals surface area contributed by atoms with Gasteiger partial charge in [0, 0.05) is 25.3 Å². The highest BCUT2D eigenvalue weighted by Gasteiger charge is 2.42. The van der Waals surface area contributed by atoms with Crippen LogP contribution in [0.15, 0.2) is 58.3 Å². The monoisotopic (exact) mass is 453 g/mol. The molecule has 0 bridgehead atoms. The topological polar surface area (TPSA) is 69.0 Å². The molecule has 2 aromatic carbocycles. The lowest BCUT2D eigenvalue weighted by molar-refractivity contribution is 0.0708. The van der Waals surface area contributed by atoms with Gasteiger partial charge in [-0.2, -0.15) is 0 Å². The quantitative estimate of drug-likeness (QED) is 0.358. The first-order valence-corrected chi connectivity index (χ1v) is 10.7. The van der Waals surface area contributed by atoms with Crippen LogP contribution in [0.2, 0.25) is 5.02 Å². The Balaban J connectivity index is 1.85. The minimum absolute atomic E-state index is 0.0821. The number of aryl methyl sites for hydroxylation is 1. The SMILES string of the molecule is C=CCOc1ccc(C2c3c(oc4cc(C)c(Cl)cc4c3=O)C(=O)N2CCCOC)cc1. The summed E-state index contributed by atoms with van der Waals surface area (Å²) in [6.07, 6.45) is 2.30. The number of carbonyl (C=O) groups is 1. The van der Waals surface area contributed by atoms with Crippen molar-refractivity contribution in [1.29, 1.82) is 0 Å². The highest BCUT2D eigenvalue weighted by atomic mass is 35.5. The van der Waals surface area contributed by atoms with Crippen molar-refractivity contribution in [3.8, 4) is 5.75 Å². The van der Waals surface area contributed by atoms with E-state index in [-0.39, 0.29) is 17.1 Å². The van der Waals surface area contributed by atoms with Crippen LogP contribution >= 0.6 is 11.6 Å². The number of amides is 1. The summed E-state index contributed by atoms with van der Waals surface area (Å²) in [7, 11) is 1.61. The number of halogens is 1. The summed E-state index contributed by atoms with van der Waals surface area (Å²) in [5, 5.41) is 0.841. The van der Waals surface area contributed by atoms with Gasteiger partial charge in [-0.15, -0.1) is 0 Å². The minimum Gasteiger partial charge on any atom is -0.490 e. The van der Waals surface area contributed by atoms with Gasteiger partial charge >= 0.3 is 0 Å². The van der Waals surface area contributed by atoms with Crippen molar-refractivity contribution >= 4 is 28.5 Å². The number of carbonyl (C=O) groups excluding carboxylic acids is 1. The van der Waals surface area contributed by atoms with Crippen molar-refractivity contribution in [2.24, 2.45) is 0 Å². The zero-order valence-corrected chi connectivity index (χ0v) is 18.8. The Hall–Kier alpha value is -3.09. The van der Waals surface area contributed by atoms with E-state index in [0.717, 1.165) is 11.1 Å². The molecule has 0 spiro atoms. The van der Waals surface area contributed by atoms with Gasteiger partial charge in [-0.05, 0) is 48.7 Å². The molecule has 1 atom stereocenters. The second-order valence-electron chi connectivity index (χ2n) is 7.69. The third kappa shape index (κ3) is 3.92. The maximum atomic E-state index is 13.5. The predicted molar refractivity (Wildman–Crippen MR) is 124 cm³/mol. The molecule has 166 valence electrons. The van der Waals surface area contributed by atoms with Crippen LogP contribution in [-0.4, -0.2) is 37.7 Å². The lowest BCUT2D eigenvalue weighted by Crippen LogP contribution is -2.31. The Kier molecular flexibility index (Phi) is 6.35.